The van der Waals surface area contributed by atoms with Crippen molar-refractivity contribution in [2.24, 2.45) is 5.73 Å². The van der Waals surface area contributed by atoms with Gasteiger partial charge in [0.15, 0.2) is 0 Å². The molecule has 0 heterocycles. The summed E-state index contributed by atoms with van der Waals surface area (Å²) >= 11 is 3.47. The fourth-order valence-electron chi connectivity index (χ4n) is 1.47. The van der Waals surface area contributed by atoms with Crippen LogP contribution in [0, 0.1) is 0 Å². The minimum absolute atomic E-state index is 0.242. The van der Waals surface area contributed by atoms with E-state index in [9.17, 15) is 0 Å². The summed E-state index contributed by atoms with van der Waals surface area (Å²) in [4.78, 5) is 0. The van der Waals surface area contributed by atoms with Crippen LogP contribution in [0.25, 0.3) is 0 Å². The van der Waals surface area contributed by atoms with Gasteiger partial charge in [-0.3, -0.25) is 0 Å². The number of hydrogen-bond acceptors (Lipinski definition) is 1. The average Bonchev–Trinajstić information content (AvgIpc) is 2.07. The molecule has 0 aliphatic heterocycles. The Morgan fingerprint density at radius 2 is 2.08 bits per heavy atom. The first-order valence-corrected chi connectivity index (χ1v) is 5.45. The number of nitrogens with two attached hydrogens (primary N) is 1. The maximum atomic E-state index is 5.77. The summed E-state index contributed by atoms with van der Waals surface area (Å²) in [5.74, 6) is 0. The molecule has 1 nitrogen and oxygen atoms in total. The molecule has 0 spiro atoms. The molecule has 0 fully saturated rings. The highest BCUT2D eigenvalue weighted by molar-refractivity contribution is 9.10. The maximum Gasteiger partial charge on any atom is 0.0178 e. The highest BCUT2D eigenvalue weighted by atomic mass is 79.9. The van der Waals surface area contributed by atoms with E-state index in [-0.39, 0.29) is 6.04 Å². The average molecular weight is 242 g/mol. The molecule has 1 aromatic rings. The molecule has 72 valence electrons. The van der Waals surface area contributed by atoms with E-state index in [0.717, 1.165) is 17.3 Å². The highest BCUT2D eigenvalue weighted by Crippen LogP contribution is 2.18. The lowest BCUT2D eigenvalue weighted by atomic mass is 10.00. The third-order valence-electron chi connectivity index (χ3n) is 2.09. The summed E-state index contributed by atoms with van der Waals surface area (Å²) in [7, 11) is 0. The predicted octanol–water partition coefficient (Wildman–Crippen LogP) is 2.90. The van der Waals surface area contributed by atoms with Crippen molar-refractivity contribution in [3.05, 3.63) is 33.8 Å². The zero-order chi connectivity index (χ0) is 9.84. The zero-order valence-electron chi connectivity index (χ0n) is 8.18. The lowest BCUT2D eigenvalue weighted by Crippen LogP contribution is -2.18. The fourth-order valence-corrected chi connectivity index (χ4v) is 1.88. The Morgan fingerprint density at radius 3 is 2.62 bits per heavy atom. The summed E-state index contributed by atoms with van der Waals surface area (Å²) in [6.07, 6.45) is 2.04. The topological polar surface area (TPSA) is 26.0 Å². The normalized spacial score (nSPS) is 12.9. The van der Waals surface area contributed by atoms with E-state index in [1.54, 1.807) is 0 Å². The van der Waals surface area contributed by atoms with Crippen LogP contribution in [-0.2, 0) is 12.8 Å². The number of hydrogen-bond donors (Lipinski definition) is 1. The van der Waals surface area contributed by atoms with E-state index >= 15 is 0 Å². The SMILES string of the molecule is CCc1cc(Br)ccc1CC(C)N. The molecule has 2 heteroatoms. The van der Waals surface area contributed by atoms with Crippen molar-refractivity contribution in [2.75, 3.05) is 0 Å². The van der Waals surface area contributed by atoms with Gasteiger partial charge in [0, 0.05) is 10.5 Å². The van der Waals surface area contributed by atoms with Crippen LogP contribution < -0.4 is 5.73 Å². The van der Waals surface area contributed by atoms with Crippen molar-refractivity contribution in [2.45, 2.75) is 32.7 Å². The van der Waals surface area contributed by atoms with Gasteiger partial charge in [0.1, 0.15) is 0 Å². The van der Waals surface area contributed by atoms with Crippen LogP contribution in [-0.4, -0.2) is 6.04 Å². The van der Waals surface area contributed by atoms with E-state index < -0.39 is 0 Å². The largest absolute Gasteiger partial charge is 0.328 e. The molecule has 0 aliphatic carbocycles. The summed E-state index contributed by atoms with van der Waals surface area (Å²) in [5.41, 5.74) is 8.55. The summed E-state index contributed by atoms with van der Waals surface area (Å²) in [5, 5.41) is 0. The fraction of sp³-hybridized carbons (Fsp3) is 0.455. The van der Waals surface area contributed by atoms with Crippen LogP contribution in [0.2, 0.25) is 0 Å². The standard InChI is InChI=1S/C11H16BrN/c1-3-9-7-11(12)5-4-10(9)6-8(2)13/h4-5,7-8H,3,6,13H2,1-2H3. The second-order valence-electron chi connectivity index (χ2n) is 3.45. The molecule has 0 aliphatic rings. The number of aryl methyl sites for hydroxylation is 1. The second kappa shape index (κ2) is 4.77. The molecular weight excluding hydrogens is 226 g/mol. The molecule has 0 saturated carbocycles. The maximum absolute atomic E-state index is 5.77. The van der Waals surface area contributed by atoms with Gasteiger partial charge in [0.2, 0.25) is 0 Å². The molecule has 1 aromatic carbocycles. The molecule has 13 heavy (non-hydrogen) atoms. The second-order valence-corrected chi connectivity index (χ2v) is 4.36. The lowest BCUT2D eigenvalue weighted by molar-refractivity contribution is 0.731. The Balaban J connectivity index is 2.92. The van der Waals surface area contributed by atoms with Gasteiger partial charge in [-0.05, 0) is 43.0 Å². The highest BCUT2D eigenvalue weighted by Gasteiger charge is 2.03. The van der Waals surface area contributed by atoms with Crippen molar-refractivity contribution >= 4 is 15.9 Å². The molecule has 2 N–H and O–H groups in total. The molecule has 0 amide bonds. The van der Waals surface area contributed by atoms with Crippen molar-refractivity contribution in [3.8, 4) is 0 Å². The first-order chi connectivity index (χ1) is 6.13. The van der Waals surface area contributed by atoms with Crippen molar-refractivity contribution in [3.63, 3.8) is 0 Å². The Labute approximate surface area is 88.5 Å². The van der Waals surface area contributed by atoms with Crippen molar-refractivity contribution in [1.29, 1.82) is 0 Å². The number of benzene rings is 1. The minimum atomic E-state index is 0.242. The number of rotatable bonds is 3. The van der Waals surface area contributed by atoms with Crippen LogP contribution >= 0.6 is 15.9 Å². The molecule has 1 unspecified atom stereocenters. The van der Waals surface area contributed by atoms with Gasteiger partial charge in [0.25, 0.3) is 0 Å². The Morgan fingerprint density at radius 1 is 1.38 bits per heavy atom. The molecule has 0 radical (unpaired) electrons. The van der Waals surface area contributed by atoms with E-state index in [0.29, 0.717) is 0 Å². The van der Waals surface area contributed by atoms with Gasteiger partial charge in [-0.2, -0.15) is 0 Å². The summed E-state index contributed by atoms with van der Waals surface area (Å²) in [6, 6.07) is 6.66. The Hall–Kier alpha value is -0.340. The van der Waals surface area contributed by atoms with E-state index in [4.69, 9.17) is 5.73 Å². The van der Waals surface area contributed by atoms with E-state index in [1.807, 2.05) is 6.92 Å². The van der Waals surface area contributed by atoms with Crippen LogP contribution in [0.1, 0.15) is 25.0 Å². The van der Waals surface area contributed by atoms with Gasteiger partial charge in [-0.1, -0.05) is 28.9 Å². The molecule has 1 atom stereocenters. The van der Waals surface area contributed by atoms with Gasteiger partial charge >= 0.3 is 0 Å². The van der Waals surface area contributed by atoms with E-state index in [1.165, 1.54) is 11.1 Å². The third kappa shape index (κ3) is 3.12. The quantitative estimate of drug-likeness (QED) is 0.866. The zero-order valence-corrected chi connectivity index (χ0v) is 9.76. The van der Waals surface area contributed by atoms with Gasteiger partial charge in [0.05, 0.1) is 0 Å². The summed E-state index contributed by atoms with van der Waals surface area (Å²) < 4.78 is 1.15. The first-order valence-electron chi connectivity index (χ1n) is 4.66. The van der Waals surface area contributed by atoms with Crippen LogP contribution in [0.3, 0.4) is 0 Å². The molecule has 0 bridgehead atoms. The van der Waals surface area contributed by atoms with Crippen molar-refractivity contribution < 1.29 is 0 Å². The molecular formula is C11H16BrN. The van der Waals surface area contributed by atoms with Gasteiger partial charge < -0.3 is 5.73 Å². The smallest absolute Gasteiger partial charge is 0.0178 e. The van der Waals surface area contributed by atoms with E-state index in [2.05, 4.69) is 41.1 Å². The minimum Gasteiger partial charge on any atom is -0.328 e. The predicted molar refractivity (Wildman–Crippen MR) is 60.9 cm³/mol. The third-order valence-corrected chi connectivity index (χ3v) is 2.58. The molecule has 1 rings (SSSR count). The van der Waals surface area contributed by atoms with Crippen molar-refractivity contribution in [1.82, 2.24) is 0 Å². The van der Waals surface area contributed by atoms with Gasteiger partial charge in [-0.15, -0.1) is 0 Å². The molecule has 0 saturated heterocycles. The van der Waals surface area contributed by atoms with Crippen LogP contribution in [0.15, 0.2) is 22.7 Å². The molecule has 0 aromatic heterocycles. The van der Waals surface area contributed by atoms with Crippen LogP contribution in [0.5, 0.6) is 0 Å². The van der Waals surface area contributed by atoms with Gasteiger partial charge in [-0.25, -0.2) is 0 Å². The lowest BCUT2D eigenvalue weighted by Gasteiger charge is -2.10. The summed E-state index contributed by atoms with van der Waals surface area (Å²) in [6.45, 7) is 4.22. The Kier molecular flexibility index (Phi) is 3.94. The number of halogens is 1. The van der Waals surface area contributed by atoms with Crippen LogP contribution in [0.4, 0.5) is 0 Å². The first kappa shape index (κ1) is 10.7. The Bertz CT molecular complexity index is 281. The monoisotopic (exact) mass is 241 g/mol.